The predicted octanol–water partition coefficient (Wildman–Crippen LogP) is 1.72. The average molecular weight is 287 g/mol. The zero-order chi connectivity index (χ0) is 14.0. The lowest BCUT2D eigenvalue weighted by Crippen LogP contribution is -2.20. The Morgan fingerprint density at radius 1 is 1.28 bits per heavy atom. The third-order valence-corrected chi connectivity index (χ3v) is 3.67. The number of sulfone groups is 1. The SMILES string of the molecule is Nc1cc(F)ccc1S(=O)(=O)CCOC(F)(F)F. The van der Waals surface area contributed by atoms with Crippen molar-refractivity contribution in [2.45, 2.75) is 11.3 Å². The van der Waals surface area contributed by atoms with Gasteiger partial charge in [0.1, 0.15) is 5.82 Å². The van der Waals surface area contributed by atoms with Gasteiger partial charge in [-0.3, -0.25) is 4.74 Å². The number of ether oxygens (including phenoxy) is 1. The molecule has 2 N–H and O–H groups in total. The molecule has 0 aliphatic rings. The number of halogens is 4. The molecule has 0 unspecified atom stereocenters. The normalized spacial score (nSPS) is 12.7. The van der Waals surface area contributed by atoms with E-state index in [0.29, 0.717) is 0 Å². The number of rotatable bonds is 4. The van der Waals surface area contributed by atoms with E-state index < -0.39 is 39.3 Å². The highest BCUT2D eigenvalue weighted by atomic mass is 32.2. The van der Waals surface area contributed by atoms with Crippen LogP contribution in [0.1, 0.15) is 0 Å². The third-order valence-electron chi connectivity index (χ3n) is 1.92. The largest absolute Gasteiger partial charge is 0.522 e. The second-order valence-electron chi connectivity index (χ2n) is 3.30. The molecule has 0 amide bonds. The Morgan fingerprint density at radius 2 is 1.89 bits per heavy atom. The van der Waals surface area contributed by atoms with Crippen molar-refractivity contribution in [3.63, 3.8) is 0 Å². The molecule has 102 valence electrons. The van der Waals surface area contributed by atoms with Crippen LogP contribution in [0.5, 0.6) is 0 Å². The van der Waals surface area contributed by atoms with E-state index in [9.17, 15) is 26.0 Å². The molecule has 0 aliphatic heterocycles. The number of anilines is 1. The van der Waals surface area contributed by atoms with Crippen molar-refractivity contribution in [2.75, 3.05) is 18.1 Å². The monoisotopic (exact) mass is 287 g/mol. The van der Waals surface area contributed by atoms with Gasteiger partial charge in [0.15, 0.2) is 9.84 Å². The smallest absolute Gasteiger partial charge is 0.398 e. The third kappa shape index (κ3) is 4.15. The minimum atomic E-state index is -4.90. The molecule has 0 saturated heterocycles. The van der Waals surface area contributed by atoms with Crippen molar-refractivity contribution in [1.29, 1.82) is 0 Å². The van der Waals surface area contributed by atoms with Gasteiger partial charge in [-0.15, -0.1) is 13.2 Å². The van der Waals surface area contributed by atoms with Gasteiger partial charge in [0, 0.05) is 0 Å². The van der Waals surface area contributed by atoms with E-state index in [1.807, 2.05) is 0 Å². The van der Waals surface area contributed by atoms with Gasteiger partial charge in [0.2, 0.25) is 0 Å². The van der Waals surface area contributed by atoms with E-state index in [1.54, 1.807) is 0 Å². The van der Waals surface area contributed by atoms with Gasteiger partial charge >= 0.3 is 6.36 Å². The zero-order valence-electron chi connectivity index (χ0n) is 8.87. The lowest BCUT2D eigenvalue weighted by molar-refractivity contribution is -0.322. The van der Waals surface area contributed by atoms with Crippen LogP contribution in [-0.2, 0) is 14.6 Å². The van der Waals surface area contributed by atoms with Crippen LogP contribution in [0.15, 0.2) is 23.1 Å². The first-order chi connectivity index (χ1) is 8.12. The second-order valence-corrected chi connectivity index (χ2v) is 5.37. The Kier molecular flexibility index (Phi) is 4.17. The molecule has 0 radical (unpaired) electrons. The predicted molar refractivity (Wildman–Crippen MR) is 54.9 cm³/mol. The molecule has 0 heterocycles. The Balaban J connectivity index is 2.81. The number of hydrogen-bond acceptors (Lipinski definition) is 4. The highest BCUT2D eigenvalue weighted by Gasteiger charge is 2.30. The summed E-state index contributed by atoms with van der Waals surface area (Å²) in [6, 6.07) is 2.53. The van der Waals surface area contributed by atoms with Crippen LogP contribution < -0.4 is 5.73 Å². The molecule has 0 fully saturated rings. The van der Waals surface area contributed by atoms with E-state index in [0.717, 1.165) is 18.2 Å². The molecular formula is C9H9F4NO3S. The van der Waals surface area contributed by atoms with Crippen molar-refractivity contribution in [3.05, 3.63) is 24.0 Å². The highest BCUT2D eigenvalue weighted by molar-refractivity contribution is 7.91. The van der Waals surface area contributed by atoms with Crippen LogP contribution in [0.3, 0.4) is 0 Å². The molecule has 0 spiro atoms. The summed E-state index contributed by atoms with van der Waals surface area (Å²) < 4.78 is 74.3. The van der Waals surface area contributed by atoms with E-state index in [1.165, 1.54) is 0 Å². The van der Waals surface area contributed by atoms with Crippen LogP contribution in [0, 0.1) is 5.82 Å². The Morgan fingerprint density at radius 3 is 2.39 bits per heavy atom. The molecule has 0 saturated carbocycles. The van der Waals surface area contributed by atoms with Crippen molar-refractivity contribution < 1.29 is 30.7 Å². The summed E-state index contributed by atoms with van der Waals surface area (Å²) in [5.74, 6) is -1.64. The molecule has 18 heavy (non-hydrogen) atoms. The first-order valence-electron chi connectivity index (χ1n) is 4.60. The van der Waals surface area contributed by atoms with Gasteiger partial charge in [-0.05, 0) is 18.2 Å². The van der Waals surface area contributed by atoms with Gasteiger partial charge < -0.3 is 5.73 Å². The fourth-order valence-electron chi connectivity index (χ4n) is 1.18. The molecule has 0 bridgehead atoms. The summed E-state index contributed by atoms with van der Waals surface area (Å²) in [7, 11) is -4.05. The van der Waals surface area contributed by atoms with Crippen LogP contribution in [0.4, 0.5) is 23.2 Å². The maximum atomic E-state index is 12.7. The number of hydrogen-bond donors (Lipinski definition) is 1. The molecule has 1 aromatic carbocycles. The van der Waals surface area contributed by atoms with E-state index in [2.05, 4.69) is 4.74 Å². The topological polar surface area (TPSA) is 69.4 Å². The standard InChI is InChI=1S/C9H9F4NO3S/c10-6-1-2-8(7(14)5-6)18(15,16)4-3-17-9(11,12)13/h1-2,5H,3-4,14H2. The lowest BCUT2D eigenvalue weighted by Gasteiger charge is -2.09. The first-order valence-corrected chi connectivity index (χ1v) is 6.25. The van der Waals surface area contributed by atoms with Crippen molar-refractivity contribution in [1.82, 2.24) is 0 Å². The summed E-state index contributed by atoms with van der Waals surface area (Å²) in [6.45, 7) is -1.05. The van der Waals surface area contributed by atoms with E-state index >= 15 is 0 Å². The Bertz CT molecular complexity index is 527. The van der Waals surface area contributed by atoms with Crippen molar-refractivity contribution in [3.8, 4) is 0 Å². The fourth-order valence-corrected chi connectivity index (χ4v) is 2.40. The number of alkyl halides is 3. The highest BCUT2D eigenvalue weighted by Crippen LogP contribution is 2.21. The van der Waals surface area contributed by atoms with Gasteiger partial charge in [-0.1, -0.05) is 0 Å². The van der Waals surface area contributed by atoms with E-state index in [-0.39, 0.29) is 5.69 Å². The molecule has 4 nitrogen and oxygen atoms in total. The van der Waals surface area contributed by atoms with Crippen LogP contribution in [-0.4, -0.2) is 27.1 Å². The van der Waals surface area contributed by atoms with Gasteiger partial charge in [-0.2, -0.15) is 0 Å². The number of benzene rings is 1. The lowest BCUT2D eigenvalue weighted by atomic mass is 10.3. The molecule has 9 heteroatoms. The molecule has 0 atom stereocenters. The molecular weight excluding hydrogens is 278 g/mol. The summed E-state index contributed by atoms with van der Waals surface area (Å²) in [5, 5.41) is 0. The Labute approximate surface area is 100 Å². The zero-order valence-corrected chi connectivity index (χ0v) is 9.68. The summed E-state index contributed by atoms with van der Waals surface area (Å²) >= 11 is 0. The van der Waals surface area contributed by atoms with Crippen LogP contribution in [0.25, 0.3) is 0 Å². The minimum absolute atomic E-state index is 0.359. The average Bonchev–Trinajstić information content (AvgIpc) is 2.13. The Hall–Kier alpha value is -1.35. The molecule has 0 aliphatic carbocycles. The van der Waals surface area contributed by atoms with Gasteiger partial charge in [0.05, 0.1) is 22.9 Å². The maximum Gasteiger partial charge on any atom is 0.522 e. The van der Waals surface area contributed by atoms with Crippen molar-refractivity contribution in [2.24, 2.45) is 0 Å². The number of nitrogens with two attached hydrogens (primary N) is 1. The quantitative estimate of drug-likeness (QED) is 0.520. The van der Waals surface area contributed by atoms with Crippen LogP contribution in [0.2, 0.25) is 0 Å². The summed E-state index contributed by atoms with van der Waals surface area (Å²) in [6.07, 6.45) is -4.90. The molecule has 0 aromatic heterocycles. The fraction of sp³-hybridized carbons (Fsp3) is 0.333. The second kappa shape index (κ2) is 5.11. The van der Waals surface area contributed by atoms with Gasteiger partial charge in [-0.25, -0.2) is 12.8 Å². The minimum Gasteiger partial charge on any atom is -0.398 e. The first kappa shape index (κ1) is 14.7. The maximum absolute atomic E-state index is 12.7. The number of nitrogen functional groups attached to an aromatic ring is 1. The van der Waals surface area contributed by atoms with Gasteiger partial charge in [0.25, 0.3) is 0 Å². The summed E-state index contributed by atoms with van der Waals surface area (Å²) in [4.78, 5) is -0.422. The van der Waals surface area contributed by atoms with Crippen LogP contribution >= 0.6 is 0 Å². The molecule has 1 aromatic rings. The molecule has 1 rings (SSSR count). The van der Waals surface area contributed by atoms with Crippen molar-refractivity contribution >= 4 is 15.5 Å². The van der Waals surface area contributed by atoms with E-state index in [4.69, 9.17) is 5.73 Å². The summed E-state index contributed by atoms with van der Waals surface area (Å²) in [5.41, 5.74) is 4.92.